The van der Waals surface area contributed by atoms with Crippen LogP contribution in [-0.2, 0) is 9.53 Å². The molecule has 1 unspecified atom stereocenters. The minimum Gasteiger partial charge on any atom is -0.381 e. The standard InChI is InChI=1S/C14H26N2O2/c1-11(12-6-8-18-9-7-12)16-14(17)10-15-13-4-2-3-5-13/h11-13,15H,2-10H2,1H3,(H,16,17). The minimum atomic E-state index is 0.140. The van der Waals surface area contributed by atoms with Crippen molar-refractivity contribution in [3.05, 3.63) is 0 Å². The maximum absolute atomic E-state index is 11.8. The molecule has 2 aliphatic rings. The topological polar surface area (TPSA) is 50.4 Å². The monoisotopic (exact) mass is 254 g/mol. The normalized spacial score (nSPS) is 24.1. The average Bonchev–Trinajstić information content (AvgIpc) is 2.90. The van der Waals surface area contributed by atoms with Crippen molar-refractivity contribution in [2.45, 2.75) is 57.5 Å². The van der Waals surface area contributed by atoms with E-state index in [1.807, 2.05) is 0 Å². The zero-order valence-corrected chi connectivity index (χ0v) is 11.4. The number of ether oxygens (including phenoxy) is 1. The molecule has 1 aliphatic heterocycles. The third-order valence-corrected chi connectivity index (χ3v) is 4.27. The summed E-state index contributed by atoms with van der Waals surface area (Å²) in [5, 5.41) is 6.47. The summed E-state index contributed by atoms with van der Waals surface area (Å²) in [5.41, 5.74) is 0. The maximum atomic E-state index is 11.8. The molecule has 18 heavy (non-hydrogen) atoms. The number of carbonyl (C=O) groups excluding carboxylic acids is 1. The van der Waals surface area contributed by atoms with Crippen molar-refractivity contribution < 1.29 is 9.53 Å². The van der Waals surface area contributed by atoms with Crippen LogP contribution in [0.5, 0.6) is 0 Å². The molecule has 0 bridgehead atoms. The largest absolute Gasteiger partial charge is 0.381 e. The fourth-order valence-corrected chi connectivity index (χ4v) is 3.01. The van der Waals surface area contributed by atoms with E-state index in [0.29, 0.717) is 18.5 Å². The van der Waals surface area contributed by atoms with Crippen LogP contribution in [0.4, 0.5) is 0 Å². The summed E-state index contributed by atoms with van der Waals surface area (Å²) >= 11 is 0. The van der Waals surface area contributed by atoms with E-state index in [2.05, 4.69) is 17.6 Å². The Morgan fingerprint density at radius 2 is 1.89 bits per heavy atom. The van der Waals surface area contributed by atoms with Crippen LogP contribution >= 0.6 is 0 Å². The van der Waals surface area contributed by atoms with Crippen LogP contribution in [0.1, 0.15) is 45.4 Å². The van der Waals surface area contributed by atoms with Crippen LogP contribution in [0.2, 0.25) is 0 Å². The third-order valence-electron chi connectivity index (χ3n) is 4.27. The lowest BCUT2D eigenvalue weighted by atomic mass is 9.93. The predicted molar refractivity (Wildman–Crippen MR) is 71.4 cm³/mol. The van der Waals surface area contributed by atoms with Gasteiger partial charge in [-0.25, -0.2) is 0 Å². The fraction of sp³-hybridized carbons (Fsp3) is 0.929. The smallest absolute Gasteiger partial charge is 0.234 e. The Labute approximate surface area is 110 Å². The second kappa shape index (κ2) is 7.10. The summed E-state index contributed by atoms with van der Waals surface area (Å²) in [6, 6.07) is 0.834. The maximum Gasteiger partial charge on any atom is 0.234 e. The van der Waals surface area contributed by atoms with Gasteiger partial charge in [0.1, 0.15) is 0 Å². The number of hydrogen-bond acceptors (Lipinski definition) is 3. The summed E-state index contributed by atoms with van der Waals surface area (Å²) < 4.78 is 5.34. The van der Waals surface area contributed by atoms with Gasteiger partial charge in [0.2, 0.25) is 5.91 Å². The minimum absolute atomic E-state index is 0.140. The van der Waals surface area contributed by atoms with E-state index in [1.165, 1.54) is 25.7 Å². The van der Waals surface area contributed by atoms with E-state index in [4.69, 9.17) is 4.74 Å². The van der Waals surface area contributed by atoms with Gasteiger partial charge in [0, 0.05) is 25.3 Å². The van der Waals surface area contributed by atoms with E-state index >= 15 is 0 Å². The molecule has 0 radical (unpaired) electrons. The number of amides is 1. The molecule has 1 aliphatic carbocycles. The molecule has 4 nitrogen and oxygen atoms in total. The Morgan fingerprint density at radius 3 is 2.56 bits per heavy atom. The first kappa shape index (κ1) is 13.8. The zero-order valence-electron chi connectivity index (χ0n) is 11.4. The molecular weight excluding hydrogens is 228 g/mol. The van der Waals surface area contributed by atoms with Crippen molar-refractivity contribution in [1.29, 1.82) is 0 Å². The molecule has 1 amide bonds. The summed E-state index contributed by atoms with van der Waals surface area (Å²) in [5.74, 6) is 0.718. The van der Waals surface area contributed by atoms with Gasteiger partial charge in [0.05, 0.1) is 6.54 Å². The molecule has 2 fully saturated rings. The quantitative estimate of drug-likeness (QED) is 0.781. The lowest BCUT2D eigenvalue weighted by Gasteiger charge is -2.28. The molecule has 1 saturated heterocycles. The van der Waals surface area contributed by atoms with E-state index in [9.17, 15) is 4.79 Å². The van der Waals surface area contributed by atoms with Crippen LogP contribution in [0.25, 0.3) is 0 Å². The van der Waals surface area contributed by atoms with Crippen molar-refractivity contribution in [3.63, 3.8) is 0 Å². The summed E-state index contributed by atoms with van der Waals surface area (Å²) in [6.45, 7) is 4.26. The van der Waals surface area contributed by atoms with Gasteiger partial charge in [-0.1, -0.05) is 12.8 Å². The van der Waals surface area contributed by atoms with Crippen LogP contribution in [0.15, 0.2) is 0 Å². The van der Waals surface area contributed by atoms with Crippen LogP contribution in [0.3, 0.4) is 0 Å². The molecule has 0 aromatic heterocycles. The Kier molecular flexibility index (Phi) is 5.45. The van der Waals surface area contributed by atoms with E-state index < -0.39 is 0 Å². The molecule has 4 heteroatoms. The predicted octanol–water partition coefficient (Wildman–Crippen LogP) is 1.45. The van der Waals surface area contributed by atoms with Crippen molar-refractivity contribution in [2.75, 3.05) is 19.8 Å². The first-order valence-corrected chi connectivity index (χ1v) is 7.36. The summed E-state index contributed by atoms with van der Waals surface area (Å²) in [6.07, 6.45) is 7.19. The van der Waals surface area contributed by atoms with Crippen LogP contribution < -0.4 is 10.6 Å². The molecule has 0 aromatic carbocycles. The second-order valence-corrected chi connectivity index (χ2v) is 5.67. The number of nitrogens with one attached hydrogen (secondary N) is 2. The van der Waals surface area contributed by atoms with Gasteiger partial charge in [-0.3, -0.25) is 4.79 Å². The van der Waals surface area contributed by atoms with Gasteiger partial charge >= 0.3 is 0 Å². The Morgan fingerprint density at radius 1 is 1.22 bits per heavy atom. The highest BCUT2D eigenvalue weighted by molar-refractivity contribution is 5.78. The highest BCUT2D eigenvalue weighted by Gasteiger charge is 2.22. The molecule has 1 saturated carbocycles. The van der Waals surface area contributed by atoms with E-state index in [-0.39, 0.29) is 11.9 Å². The van der Waals surface area contributed by atoms with Crippen molar-refractivity contribution in [1.82, 2.24) is 10.6 Å². The summed E-state index contributed by atoms with van der Waals surface area (Å²) in [4.78, 5) is 11.8. The van der Waals surface area contributed by atoms with Gasteiger partial charge in [-0.15, -0.1) is 0 Å². The molecule has 2 N–H and O–H groups in total. The van der Waals surface area contributed by atoms with Crippen molar-refractivity contribution in [2.24, 2.45) is 5.92 Å². The molecule has 104 valence electrons. The highest BCUT2D eigenvalue weighted by atomic mass is 16.5. The SMILES string of the molecule is CC(NC(=O)CNC1CCCC1)C1CCOCC1. The fourth-order valence-electron chi connectivity index (χ4n) is 3.01. The van der Waals surface area contributed by atoms with Gasteiger partial charge in [-0.2, -0.15) is 0 Å². The van der Waals surface area contributed by atoms with Crippen LogP contribution in [-0.4, -0.2) is 37.7 Å². The van der Waals surface area contributed by atoms with Crippen molar-refractivity contribution >= 4 is 5.91 Å². The van der Waals surface area contributed by atoms with Crippen molar-refractivity contribution in [3.8, 4) is 0 Å². The Bertz CT molecular complexity index is 259. The molecule has 2 rings (SSSR count). The highest BCUT2D eigenvalue weighted by Crippen LogP contribution is 2.19. The lowest BCUT2D eigenvalue weighted by molar-refractivity contribution is -0.121. The molecule has 0 spiro atoms. The van der Waals surface area contributed by atoms with Gasteiger partial charge in [-0.05, 0) is 38.5 Å². The van der Waals surface area contributed by atoms with Gasteiger partial charge in [0.15, 0.2) is 0 Å². The zero-order chi connectivity index (χ0) is 12.8. The second-order valence-electron chi connectivity index (χ2n) is 5.67. The Balaban J connectivity index is 1.62. The van der Waals surface area contributed by atoms with E-state index in [0.717, 1.165) is 26.1 Å². The number of carbonyl (C=O) groups is 1. The number of hydrogen-bond donors (Lipinski definition) is 2. The first-order valence-electron chi connectivity index (χ1n) is 7.36. The molecule has 1 heterocycles. The molecule has 1 atom stereocenters. The van der Waals surface area contributed by atoms with E-state index in [1.54, 1.807) is 0 Å². The van der Waals surface area contributed by atoms with Gasteiger partial charge in [0.25, 0.3) is 0 Å². The number of rotatable bonds is 5. The van der Waals surface area contributed by atoms with Gasteiger partial charge < -0.3 is 15.4 Å². The first-order chi connectivity index (χ1) is 8.75. The summed E-state index contributed by atoms with van der Waals surface area (Å²) in [7, 11) is 0. The molecular formula is C14H26N2O2. The average molecular weight is 254 g/mol. The molecule has 0 aromatic rings. The third kappa shape index (κ3) is 4.25. The van der Waals surface area contributed by atoms with Crippen LogP contribution in [0, 0.1) is 5.92 Å². The lowest BCUT2D eigenvalue weighted by Crippen LogP contribution is -2.45. The Hall–Kier alpha value is -0.610.